The fourth-order valence-electron chi connectivity index (χ4n) is 2.66. The van der Waals surface area contributed by atoms with Crippen LogP contribution in [-0.4, -0.2) is 48.3 Å². The summed E-state index contributed by atoms with van der Waals surface area (Å²) in [5, 5.41) is 2.67. The van der Waals surface area contributed by atoms with E-state index in [2.05, 4.69) is 22.2 Å². The van der Waals surface area contributed by atoms with Crippen LogP contribution >= 0.6 is 0 Å². The number of nitrogens with zero attached hydrogens (tertiary/aromatic N) is 2. The average Bonchev–Trinajstić information content (AvgIpc) is 2.88. The molecular formula is C17H27N3O3. The molecule has 0 aliphatic carbocycles. The lowest BCUT2D eigenvalue weighted by Crippen LogP contribution is -2.34. The molecular weight excluding hydrogens is 294 g/mol. The van der Waals surface area contributed by atoms with Gasteiger partial charge in [0.1, 0.15) is 18.0 Å². The maximum Gasteiger partial charge on any atom is 0.407 e. The number of carbonyl (C=O) groups excluding carboxylic acids is 1. The van der Waals surface area contributed by atoms with Crippen molar-refractivity contribution in [2.24, 2.45) is 0 Å². The van der Waals surface area contributed by atoms with Crippen LogP contribution in [0.1, 0.15) is 45.2 Å². The first-order valence-electron chi connectivity index (χ1n) is 8.10. The first kappa shape index (κ1) is 17.5. The molecule has 23 heavy (non-hydrogen) atoms. The third-order valence-corrected chi connectivity index (χ3v) is 3.68. The smallest absolute Gasteiger partial charge is 0.407 e. The number of alkyl carbamates (subject to hydrolysis) is 1. The molecule has 6 heteroatoms. The van der Waals surface area contributed by atoms with Crippen molar-refractivity contribution in [3.05, 3.63) is 24.0 Å². The first-order chi connectivity index (χ1) is 10.8. The zero-order valence-corrected chi connectivity index (χ0v) is 14.5. The van der Waals surface area contributed by atoms with Crippen LogP contribution in [0.25, 0.3) is 0 Å². The molecule has 0 saturated carbocycles. The van der Waals surface area contributed by atoms with Crippen molar-refractivity contribution in [2.45, 2.75) is 45.3 Å². The molecule has 1 aliphatic rings. The molecule has 0 aromatic carbocycles. The Morgan fingerprint density at radius 1 is 1.43 bits per heavy atom. The van der Waals surface area contributed by atoms with Gasteiger partial charge in [0.2, 0.25) is 0 Å². The van der Waals surface area contributed by atoms with Crippen molar-refractivity contribution in [1.82, 2.24) is 15.2 Å². The van der Waals surface area contributed by atoms with Crippen molar-refractivity contribution in [2.75, 3.05) is 26.7 Å². The molecule has 6 nitrogen and oxygen atoms in total. The van der Waals surface area contributed by atoms with Gasteiger partial charge in [-0.05, 0) is 58.8 Å². The number of rotatable bonds is 5. The predicted molar refractivity (Wildman–Crippen MR) is 88.6 cm³/mol. The number of hydrogen-bond donors (Lipinski definition) is 1. The molecule has 1 amide bonds. The second-order valence-electron chi connectivity index (χ2n) is 6.87. The van der Waals surface area contributed by atoms with Crippen molar-refractivity contribution >= 4 is 6.09 Å². The van der Waals surface area contributed by atoms with E-state index in [1.807, 2.05) is 33.0 Å². The second-order valence-corrected chi connectivity index (χ2v) is 6.87. The van der Waals surface area contributed by atoms with Gasteiger partial charge in [-0.25, -0.2) is 4.79 Å². The number of carbonyl (C=O) groups is 1. The summed E-state index contributed by atoms with van der Waals surface area (Å²) >= 11 is 0. The molecule has 0 radical (unpaired) electrons. The molecule has 1 N–H and O–H groups in total. The van der Waals surface area contributed by atoms with Gasteiger partial charge in [-0.1, -0.05) is 0 Å². The molecule has 1 atom stereocenters. The summed E-state index contributed by atoms with van der Waals surface area (Å²) in [6.45, 7) is 7.39. The minimum atomic E-state index is -0.490. The third-order valence-electron chi connectivity index (χ3n) is 3.68. The molecule has 1 aromatic rings. The van der Waals surface area contributed by atoms with Gasteiger partial charge in [-0.3, -0.25) is 9.88 Å². The molecule has 2 heterocycles. The third kappa shape index (κ3) is 5.71. The minimum absolute atomic E-state index is 0.380. The van der Waals surface area contributed by atoms with Crippen LogP contribution in [0, 0.1) is 0 Å². The van der Waals surface area contributed by atoms with E-state index < -0.39 is 11.7 Å². The maximum atomic E-state index is 11.5. The van der Waals surface area contributed by atoms with Crippen molar-refractivity contribution in [3.8, 4) is 5.75 Å². The minimum Gasteiger partial charge on any atom is -0.490 e. The van der Waals surface area contributed by atoms with E-state index in [1.54, 1.807) is 6.20 Å². The van der Waals surface area contributed by atoms with Gasteiger partial charge in [0.25, 0.3) is 0 Å². The molecule has 1 unspecified atom stereocenters. The molecule has 0 bridgehead atoms. The molecule has 2 rings (SSSR count). The van der Waals surface area contributed by atoms with E-state index in [1.165, 1.54) is 12.0 Å². The number of amides is 1. The summed E-state index contributed by atoms with van der Waals surface area (Å²) in [5.74, 6) is 0.730. The Morgan fingerprint density at radius 3 is 2.87 bits per heavy atom. The molecule has 1 fully saturated rings. The predicted octanol–water partition coefficient (Wildman–Crippen LogP) is 2.75. The first-order valence-corrected chi connectivity index (χ1v) is 8.10. The summed E-state index contributed by atoms with van der Waals surface area (Å²) in [6, 6.07) is 2.46. The Bertz CT molecular complexity index is 528. The van der Waals surface area contributed by atoms with Crippen LogP contribution in [0.5, 0.6) is 5.75 Å². The lowest BCUT2D eigenvalue weighted by Gasteiger charge is -2.20. The van der Waals surface area contributed by atoms with Gasteiger partial charge in [0.15, 0.2) is 0 Å². The number of ether oxygens (including phenoxy) is 2. The zero-order valence-electron chi connectivity index (χ0n) is 14.5. The number of aromatic nitrogens is 1. The SMILES string of the molecule is CN1CCCC1c1cncc(OCCNC(=O)OC(C)(C)C)c1. The molecule has 1 aromatic heterocycles. The summed E-state index contributed by atoms with van der Waals surface area (Å²) in [7, 11) is 2.13. The highest BCUT2D eigenvalue weighted by Gasteiger charge is 2.23. The topological polar surface area (TPSA) is 63.7 Å². The van der Waals surface area contributed by atoms with E-state index in [4.69, 9.17) is 9.47 Å². The molecule has 0 spiro atoms. The normalized spacial score (nSPS) is 18.7. The number of hydrogen-bond acceptors (Lipinski definition) is 5. The highest BCUT2D eigenvalue weighted by molar-refractivity contribution is 5.67. The maximum absolute atomic E-state index is 11.5. The Kier molecular flexibility index (Phi) is 5.82. The van der Waals surface area contributed by atoms with Crippen molar-refractivity contribution < 1.29 is 14.3 Å². The quantitative estimate of drug-likeness (QED) is 0.845. The van der Waals surface area contributed by atoms with Crippen LogP contribution in [0.3, 0.4) is 0 Å². The summed E-state index contributed by atoms with van der Waals surface area (Å²) in [5.41, 5.74) is 0.693. The fraction of sp³-hybridized carbons (Fsp3) is 0.647. The van der Waals surface area contributed by atoms with E-state index in [0.29, 0.717) is 19.2 Å². The Balaban J connectivity index is 1.77. The standard InChI is InChI=1S/C17H27N3O3/c1-17(2,3)23-16(21)19-7-9-22-14-10-13(11-18-12-14)15-6-5-8-20(15)4/h10-12,15H,5-9H2,1-4H3,(H,19,21). The van der Waals surface area contributed by atoms with Crippen LogP contribution in [0.2, 0.25) is 0 Å². The lowest BCUT2D eigenvalue weighted by atomic mass is 10.1. The van der Waals surface area contributed by atoms with Crippen LogP contribution in [-0.2, 0) is 4.74 Å². The van der Waals surface area contributed by atoms with Gasteiger partial charge in [0, 0.05) is 12.2 Å². The lowest BCUT2D eigenvalue weighted by molar-refractivity contribution is 0.0520. The van der Waals surface area contributed by atoms with Gasteiger partial charge in [-0.15, -0.1) is 0 Å². The van der Waals surface area contributed by atoms with Gasteiger partial charge in [0.05, 0.1) is 12.7 Å². The Labute approximate surface area is 138 Å². The average molecular weight is 321 g/mol. The number of pyridine rings is 1. The summed E-state index contributed by atoms with van der Waals surface area (Å²) < 4.78 is 10.8. The van der Waals surface area contributed by atoms with E-state index in [9.17, 15) is 4.79 Å². The van der Waals surface area contributed by atoms with E-state index in [-0.39, 0.29) is 0 Å². The molecule has 128 valence electrons. The molecule has 1 aliphatic heterocycles. The molecule has 1 saturated heterocycles. The van der Waals surface area contributed by atoms with Crippen molar-refractivity contribution in [3.63, 3.8) is 0 Å². The monoisotopic (exact) mass is 321 g/mol. The van der Waals surface area contributed by atoms with Crippen LogP contribution < -0.4 is 10.1 Å². The largest absolute Gasteiger partial charge is 0.490 e. The van der Waals surface area contributed by atoms with Gasteiger partial charge >= 0.3 is 6.09 Å². The fourth-order valence-corrected chi connectivity index (χ4v) is 2.66. The number of nitrogens with one attached hydrogen (secondary N) is 1. The highest BCUT2D eigenvalue weighted by atomic mass is 16.6. The zero-order chi connectivity index (χ0) is 16.9. The van der Waals surface area contributed by atoms with Gasteiger partial charge in [-0.2, -0.15) is 0 Å². The van der Waals surface area contributed by atoms with E-state index in [0.717, 1.165) is 18.7 Å². The Hall–Kier alpha value is -1.82. The highest BCUT2D eigenvalue weighted by Crippen LogP contribution is 2.31. The second kappa shape index (κ2) is 7.64. The van der Waals surface area contributed by atoms with Crippen LogP contribution in [0.15, 0.2) is 18.5 Å². The Morgan fingerprint density at radius 2 is 2.22 bits per heavy atom. The van der Waals surface area contributed by atoms with E-state index >= 15 is 0 Å². The number of likely N-dealkylation sites (tertiary alicyclic amines) is 1. The summed E-state index contributed by atoms with van der Waals surface area (Å²) in [4.78, 5) is 18.1. The summed E-state index contributed by atoms with van der Waals surface area (Å²) in [6.07, 6.45) is 5.54. The van der Waals surface area contributed by atoms with Gasteiger partial charge < -0.3 is 14.8 Å². The van der Waals surface area contributed by atoms with Crippen molar-refractivity contribution in [1.29, 1.82) is 0 Å². The van der Waals surface area contributed by atoms with Crippen LogP contribution in [0.4, 0.5) is 4.79 Å².